The lowest BCUT2D eigenvalue weighted by molar-refractivity contribution is -0.128. The van der Waals surface area contributed by atoms with Crippen LogP contribution in [-0.4, -0.2) is 39.6 Å². The van der Waals surface area contributed by atoms with Crippen molar-refractivity contribution in [3.05, 3.63) is 17.1 Å². The van der Waals surface area contributed by atoms with Crippen LogP contribution in [0.25, 0.3) is 0 Å². The van der Waals surface area contributed by atoms with Crippen LogP contribution in [0.15, 0.2) is 5.03 Å². The molecule has 0 unspecified atom stereocenters. The van der Waals surface area contributed by atoms with Gasteiger partial charge in [-0.1, -0.05) is 11.8 Å². The lowest BCUT2D eigenvalue weighted by atomic mass is 10.3. The number of hydrogen-bond donors (Lipinski definition) is 0. The molecular formula is C15H16N6OS. The van der Waals surface area contributed by atoms with Gasteiger partial charge in [0.1, 0.15) is 22.5 Å². The Labute approximate surface area is 139 Å². The van der Waals surface area contributed by atoms with Gasteiger partial charge in [0.25, 0.3) is 0 Å². The third-order valence-corrected chi connectivity index (χ3v) is 3.91. The van der Waals surface area contributed by atoms with Gasteiger partial charge >= 0.3 is 0 Å². The molecule has 0 aliphatic carbocycles. The summed E-state index contributed by atoms with van der Waals surface area (Å²) in [5.74, 6) is 0.460. The van der Waals surface area contributed by atoms with E-state index in [4.69, 9.17) is 10.5 Å². The first-order chi connectivity index (χ1) is 11.0. The Morgan fingerprint density at radius 3 is 2.26 bits per heavy atom. The number of aryl methyl sites for hydroxylation is 2. The molecule has 1 aromatic heterocycles. The van der Waals surface area contributed by atoms with Gasteiger partial charge in [0.2, 0.25) is 5.91 Å². The van der Waals surface area contributed by atoms with Gasteiger partial charge in [-0.25, -0.2) is 9.97 Å². The first-order valence-corrected chi connectivity index (χ1v) is 7.91. The van der Waals surface area contributed by atoms with Gasteiger partial charge in [-0.3, -0.25) is 4.79 Å². The molecule has 1 amide bonds. The van der Waals surface area contributed by atoms with Crippen molar-refractivity contribution in [3.63, 3.8) is 0 Å². The van der Waals surface area contributed by atoms with Crippen LogP contribution in [0.2, 0.25) is 0 Å². The van der Waals surface area contributed by atoms with E-state index in [2.05, 4.69) is 16.0 Å². The highest BCUT2D eigenvalue weighted by Crippen LogP contribution is 2.22. The van der Waals surface area contributed by atoms with E-state index in [1.54, 1.807) is 13.8 Å². The smallest absolute Gasteiger partial charge is 0.233 e. The lowest BCUT2D eigenvalue weighted by Crippen LogP contribution is -2.34. The molecule has 0 spiro atoms. The quantitative estimate of drug-likeness (QED) is 0.552. The number of nitriles is 3. The fourth-order valence-corrected chi connectivity index (χ4v) is 2.84. The molecule has 0 saturated heterocycles. The Morgan fingerprint density at radius 2 is 1.74 bits per heavy atom. The summed E-state index contributed by atoms with van der Waals surface area (Å²) in [7, 11) is 0. The van der Waals surface area contributed by atoms with Gasteiger partial charge in [0, 0.05) is 13.1 Å². The topological polar surface area (TPSA) is 117 Å². The summed E-state index contributed by atoms with van der Waals surface area (Å²) in [6.45, 7) is 4.05. The summed E-state index contributed by atoms with van der Waals surface area (Å²) >= 11 is 1.17. The minimum absolute atomic E-state index is 0.0986. The molecule has 1 aromatic rings. The number of carbonyl (C=O) groups excluding carboxylic acids is 1. The summed E-state index contributed by atoms with van der Waals surface area (Å²) in [4.78, 5) is 22.1. The fraction of sp³-hybridized carbons (Fsp3) is 0.467. The average molecular weight is 328 g/mol. The maximum absolute atomic E-state index is 12.3. The van der Waals surface area contributed by atoms with Crippen molar-refractivity contribution in [2.24, 2.45) is 0 Å². The maximum atomic E-state index is 12.3. The Hall–Kier alpha value is -2.63. The number of hydrogen-bond acceptors (Lipinski definition) is 7. The van der Waals surface area contributed by atoms with Crippen LogP contribution in [0, 0.1) is 47.8 Å². The van der Waals surface area contributed by atoms with Crippen molar-refractivity contribution in [3.8, 4) is 18.2 Å². The van der Waals surface area contributed by atoms with Crippen LogP contribution >= 0.6 is 11.8 Å². The van der Waals surface area contributed by atoms with Gasteiger partial charge < -0.3 is 4.90 Å². The molecule has 1 heterocycles. The summed E-state index contributed by atoms with van der Waals surface area (Å²) < 4.78 is 0. The molecule has 118 valence electrons. The predicted molar refractivity (Wildman–Crippen MR) is 84.0 cm³/mol. The molecule has 0 aliphatic rings. The first kappa shape index (κ1) is 18.4. The van der Waals surface area contributed by atoms with Crippen molar-refractivity contribution >= 4 is 17.7 Å². The lowest BCUT2D eigenvalue weighted by Gasteiger charge is -2.20. The summed E-state index contributed by atoms with van der Waals surface area (Å²) in [6, 6.07) is 6.03. The minimum Gasteiger partial charge on any atom is -0.340 e. The van der Waals surface area contributed by atoms with Gasteiger partial charge in [-0.05, 0) is 13.8 Å². The number of thioether (sulfide) groups is 1. The second kappa shape index (κ2) is 9.40. The SMILES string of the molecule is Cc1nc(C)c(C#N)c(SCC(=O)N(CCC#N)CCC#N)n1. The van der Waals surface area contributed by atoms with E-state index in [0.717, 1.165) is 0 Å². The Bertz CT molecular complexity index is 680. The first-order valence-electron chi connectivity index (χ1n) is 6.93. The Morgan fingerprint density at radius 1 is 1.13 bits per heavy atom. The normalized spacial score (nSPS) is 9.52. The third kappa shape index (κ3) is 5.58. The molecule has 1 rings (SSSR count). The van der Waals surface area contributed by atoms with Crippen LogP contribution in [0.1, 0.15) is 29.9 Å². The number of carbonyl (C=O) groups is 1. The highest BCUT2D eigenvalue weighted by Gasteiger charge is 2.16. The zero-order valence-corrected chi connectivity index (χ0v) is 13.9. The molecule has 0 saturated carbocycles. The highest BCUT2D eigenvalue weighted by atomic mass is 32.2. The molecule has 0 fully saturated rings. The van der Waals surface area contributed by atoms with Crippen LogP contribution in [0.3, 0.4) is 0 Å². The largest absolute Gasteiger partial charge is 0.340 e. The summed E-state index contributed by atoms with van der Waals surface area (Å²) in [5.41, 5.74) is 0.953. The fourth-order valence-electron chi connectivity index (χ4n) is 1.87. The molecule has 0 atom stereocenters. The van der Waals surface area contributed by atoms with Crippen LogP contribution in [-0.2, 0) is 4.79 Å². The number of rotatable bonds is 7. The molecular weight excluding hydrogens is 312 g/mol. The van der Waals surface area contributed by atoms with Crippen molar-refractivity contribution in [2.45, 2.75) is 31.7 Å². The minimum atomic E-state index is -0.182. The zero-order chi connectivity index (χ0) is 17.2. The van der Waals surface area contributed by atoms with Gasteiger partial charge in [0.05, 0.1) is 36.4 Å². The molecule has 0 aromatic carbocycles. The second-order valence-electron chi connectivity index (χ2n) is 4.63. The van der Waals surface area contributed by atoms with E-state index in [0.29, 0.717) is 35.2 Å². The van der Waals surface area contributed by atoms with Gasteiger partial charge in [-0.15, -0.1) is 0 Å². The van der Waals surface area contributed by atoms with Crippen molar-refractivity contribution < 1.29 is 4.79 Å². The van der Waals surface area contributed by atoms with E-state index in [1.807, 2.05) is 12.1 Å². The molecule has 0 bridgehead atoms. The Kier molecular flexibility index (Phi) is 7.53. The number of amides is 1. The molecule has 0 radical (unpaired) electrons. The maximum Gasteiger partial charge on any atom is 0.233 e. The van der Waals surface area contributed by atoms with Crippen molar-refractivity contribution in [1.29, 1.82) is 15.8 Å². The predicted octanol–water partition coefficient (Wildman–Crippen LogP) is 1.71. The molecule has 0 aliphatic heterocycles. The van der Waals surface area contributed by atoms with Crippen molar-refractivity contribution in [1.82, 2.24) is 14.9 Å². The van der Waals surface area contributed by atoms with Crippen LogP contribution in [0.5, 0.6) is 0 Å². The number of aromatic nitrogens is 2. The standard InChI is InChI=1S/C15H16N6OS/c1-11-13(9-18)15(20-12(2)19-11)23-10-14(22)21(7-3-5-16)8-4-6-17/h3-4,7-8,10H2,1-2H3. The van der Waals surface area contributed by atoms with E-state index in [-0.39, 0.29) is 24.5 Å². The van der Waals surface area contributed by atoms with Crippen molar-refractivity contribution in [2.75, 3.05) is 18.8 Å². The average Bonchev–Trinajstić information content (AvgIpc) is 2.52. The summed E-state index contributed by atoms with van der Waals surface area (Å²) in [5, 5.41) is 27.0. The van der Waals surface area contributed by atoms with Crippen LogP contribution < -0.4 is 0 Å². The van der Waals surface area contributed by atoms with E-state index >= 15 is 0 Å². The number of nitrogens with zero attached hydrogens (tertiary/aromatic N) is 6. The van der Waals surface area contributed by atoms with Gasteiger partial charge in [0.15, 0.2) is 0 Å². The monoisotopic (exact) mass is 328 g/mol. The Balaban J connectivity index is 2.79. The highest BCUT2D eigenvalue weighted by molar-refractivity contribution is 8.00. The van der Waals surface area contributed by atoms with Crippen LogP contribution in [0.4, 0.5) is 0 Å². The molecule has 23 heavy (non-hydrogen) atoms. The van der Waals surface area contributed by atoms with E-state index in [1.165, 1.54) is 16.7 Å². The van der Waals surface area contributed by atoms with E-state index < -0.39 is 0 Å². The third-order valence-electron chi connectivity index (χ3n) is 2.95. The second-order valence-corrected chi connectivity index (χ2v) is 5.60. The zero-order valence-electron chi connectivity index (χ0n) is 13.0. The van der Waals surface area contributed by atoms with Gasteiger partial charge in [-0.2, -0.15) is 15.8 Å². The molecule has 8 heteroatoms. The summed E-state index contributed by atoms with van der Waals surface area (Å²) in [6.07, 6.45) is 0.439. The van der Waals surface area contributed by atoms with E-state index in [9.17, 15) is 10.1 Å². The molecule has 0 N–H and O–H groups in total. The molecule has 7 nitrogen and oxygen atoms in total.